The number of amides is 2. The number of benzene rings is 1. The molecular weight excluding hydrogens is 320 g/mol. The van der Waals surface area contributed by atoms with Crippen LogP contribution in [-0.4, -0.2) is 44.8 Å². The Bertz CT molecular complexity index is 673. The number of carbonyl (C=O) groups is 1. The zero-order valence-corrected chi connectivity index (χ0v) is 15.0. The molecule has 2 heterocycles. The average molecular weight is 344 g/mol. The molecule has 1 aliphatic heterocycles. The molecule has 0 radical (unpaired) electrons. The monoisotopic (exact) mass is 344 g/mol. The number of aromatic nitrogens is 2. The minimum Gasteiger partial charge on any atom is -0.331 e. The van der Waals surface area contributed by atoms with Crippen molar-refractivity contribution in [1.29, 1.82) is 0 Å². The van der Waals surface area contributed by atoms with Gasteiger partial charge in [-0.05, 0) is 43.7 Å². The lowest BCUT2D eigenvalue weighted by Crippen LogP contribution is -2.46. The van der Waals surface area contributed by atoms with E-state index in [1.54, 1.807) is 6.20 Å². The number of carbonyl (C=O) groups excluding carboxylic acids is 1. The van der Waals surface area contributed by atoms with Gasteiger partial charge in [-0.1, -0.05) is 18.2 Å². The van der Waals surface area contributed by atoms with Gasteiger partial charge in [-0.25, -0.2) is 9.48 Å². The van der Waals surface area contributed by atoms with E-state index in [-0.39, 0.29) is 18.1 Å². The zero-order chi connectivity index (χ0) is 16.9. The fourth-order valence-corrected chi connectivity index (χ4v) is 4.05. The maximum Gasteiger partial charge on any atom is 0.318 e. The van der Waals surface area contributed by atoms with Crippen LogP contribution in [0, 0.1) is 0 Å². The van der Waals surface area contributed by atoms with Gasteiger partial charge in [0.2, 0.25) is 0 Å². The molecule has 2 aromatic rings. The van der Waals surface area contributed by atoms with E-state index in [0.717, 1.165) is 35.7 Å². The van der Waals surface area contributed by atoms with Gasteiger partial charge in [-0.15, -0.1) is 0 Å². The van der Waals surface area contributed by atoms with Gasteiger partial charge in [0.1, 0.15) is 0 Å². The van der Waals surface area contributed by atoms with Crippen molar-refractivity contribution in [3.05, 3.63) is 48.3 Å². The molecule has 24 heavy (non-hydrogen) atoms. The van der Waals surface area contributed by atoms with Crippen LogP contribution in [0.25, 0.3) is 5.69 Å². The predicted octanol–water partition coefficient (Wildman–Crippen LogP) is 3.47. The predicted molar refractivity (Wildman–Crippen MR) is 98.6 cm³/mol. The molecule has 0 unspecified atom stereocenters. The number of nitrogens with one attached hydrogen (secondary N) is 1. The van der Waals surface area contributed by atoms with Crippen LogP contribution in [0.5, 0.6) is 0 Å². The van der Waals surface area contributed by atoms with Crippen LogP contribution < -0.4 is 5.32 Å². The highest BCUT2D eigenvalue weighted by atomic mass is 32.2. The number of hydrogen-bond acceptors (Lipinski definition) is 3. The van der Waals surface area contributed by atoms with Gasteiger partial charge >= 0.3 is 6.03 Å². The fraction of sp³-hybridized carbons (Fsp3) is 0.444. The standard InChI is InChI=1S/C18H24N4OS/c1-14-8-12-24-13-11-21(14)18(23)20-15(2)16-6-3-4-7-17(16)22-10-5-9-19-22/h3-7,9-10,14-15H,8,11-13H2,1-2H3,(H,20,23)/t14-,15+/m1/s1. The van der Waals surface area contributed by atoms with Crippen molar-refractivity contribution in [3.8, 4) is 5.69 Å². The smallest absolute Gasteiger partial charge is 0.318 e. The van der Waals surface area contributed by atoms with Crippen LogP contribution in [-0.2, 0) is 0 Å². The summed E-state index contributed by atoms with van der Waals surface area (Å²) in [5.41, 5.74) is 2.06. The molecule has 1 saturated heterocycles. The Kier molecular flexibility index (Phi) is 5.45. The summed E-state index contributed by atoms with van der Waals surface area (Å²) < 4.78 is 1.84. The van der Waals surface area contributed by atoms with Gasteiger partial charge in [0.05, 0.1) is 11.7 Å². The second kappa shape index (κ2) is 7.75. The second-order valence-corrected chi connectivity index (χ2v) is 7.35. The molecule has 0 spiro atoms. The molecular formula is C18H24N4OS. The Morgan fingerprint density at radius 1 is 1.33 bits per heavy atom. The van der Waals surface area contributed by atoms with Crippen LogP contribution in [0.4, 0.5) is 4.79 Å². The maximum absolute atomic E-state index is 12.7. The van der Waals surface area contributed by atoms with E-state index in [1.165, 1.54) is 0 Å². The van der Waals surface area contributed by atoms with E-state index in [2.05, 4.69) is 17.3 Å². The Morgan fingerprint density at radius 2 is 2.17 bits per heavy atom. The molecule has 1 fully saturated rings. The SMILES string of the molecule is C[C@H](NC(=O)N1CCSCC[C@H]1C)c1ccccc1-n1cccn1. The van der Waals surface area contributed by atoms with Crippen molar-refractivity contribution in [2.45, 2.75) is 32.4 Å². The molecule has 1 N–H and O–H groups in total. The second-order valence-electron chi connectivity index (χ2n) is 6.12. The van der Waals surface area contributed by atoms with E-state index in [0.29, 0.717) is 0 Å². The number of rotatable bonds is 3. The average Bonchev–Trinajstić information content (AvgIpc) is 3.03. The van der Waals surface area contributed by atoms with Crippen LogP contribution in [0.3, 0.4) is 0 Å². The van der Waals surface area contributed by atoms with Crippen molar-refractivity contribution in [1.82, 2.24) is 20.0 Å². The van der Waals surface area contributed by atoms with Gasteiger partial charge < -0.3 is 10.2 Å². The van der Waals surface area contributed by atoms with Crippen molar-refractivity contribution in [2.24, 2.45) is 0 Å². The first-order chi connectivity index (χ1) is 11.7. The molecule has 3 rings (SSSR count). The summed E-state index contributed by atoms with van der Waals surface area (Å²) in [7, 11) is 0. The highest BCUT2D eigenvalue weighted by Crippen LogP contribution is 2.22. The van der Waals surface area contributed by atoms with Crippen LogP contribution in [0.2, 0.25) is 0 Å². The van der Waals surface area contributed by atoms with Crippen molar-refractivity contribution in [2.75, 3.05) is 18.1 Å². The maximum atomic E-state index is 12.7. The largest absolute Gasteiger partial charge is 0.331 e. The van der Waals surface area contributed by atoms with Gasteiger partial charge in [0.25, 0.3) is 0 Å². The van der Waals surface area contributed by atoms with Gasteiger partial charge in [0.15, 0.2) is 0 Å². The number of nitrogens with zero attached hydrogens (tertiary/aromatic N) is 3. The third-order valence-electron chi connectivity index (χ3n) is 4.44. The lowest BCUT2D eigenvalue weighted by atomic mass is 10.1. The lowest BCUT2D eigenvalue weighted by molar-refractivity contribution is 0.180. The van der Waals surface area contributed by atoms with Crippen LogP contribution in [0.15, 0.2) is 42.7 Å². The third kappa shape index (κ3) is 3.75. The number of hydrogen-bond donors (Lipinski definition) is 1. The van der Waals surface area contributed by atoms with E-state index < -0.39 is 0 Å². The van der Waals surface area contributed by atoms with Gasteiger partial charge in [-0.3, -0.25) is 0 Å². The van der Waals surface area contributed by atoms with Crippen LogP contribution in [0.1, 0.15) is 31.9 Å². The topological polar surface area (TPSA) is 50.2 Å². The Hall–Kier alpha value is -1.95. The summed E-state index contributed by atoms with van der Waals surface area (Å²) in [5, 5.41) is 7.48. The summed E-state index contributed by atoms with van der Waals surface area (Å²) in [4.78, 5) is 14.7. The number of thioether (sulfide) groups is 1. The van der Waals surface area contributed by atoms with Gasteiger partial charge in [-0.2, -0.15) is 16.9 Å². The minimum atomic E-state index is -0.0824. The fourth-order valence-electron chi connectivity index (χ4n) is 3.02. The van der Waals surface area contributed by atoms with Crippen molar-refractivity contribution >= 4 is 17.8 Å². The zero-order valence-electron chi connectivity index (χ0n) is 14.2. The number of para-hydroxylation sites is 1. The Balaban J connectivity index is 1.75. The minimum absolute atomic E-state index is 0.0211. The summed E-state index contributed by atoms with van der Waals surface area (Å²) in [6, 6.07) is 10.2. The highest BCUT2D eigenvalue weighted by molar-refractivity contribution is 7.99. The molecule has 1 aromatic carbocycles. The molecule has 2 amide bonds. The van der Waals surface area contributed by atoms with E-state index in [1.807, 2.05) is 64.8 Å². The first kappa shape index (κ1) is 16.9. The molecule has 1 aliphatic rings. The molecule has 0 bridgehead atoms. The lowest BCUT2D eigenvalue weighted by Gasteiger charge is -2.29. The molecule has 0 aliphatic carbocycles. The molecule has 2 atom stereocenters. The van der Waals surface area contributed by atoms with E-state index in [9.17, 15) is 4.79 Å². The third-order valence-corrected chi connectivity index (χ3v) is 5.44. The summed E-state index contributed by atoms with van der Waals surface area (Å²) >= 11 is 1.92. The summed E-state index contributed by atoms with van der Waals surface area (Å²) in [6.45, 7) is 4.97. The normalized spacial score (nSPS) is 19.6. The summed E-state index contributed by atoms with van der Waals surface area (Å²) in [6.07, 6.45) is 4.73. The molecule has 1 aromatic heterocycles. The van der Waals surface area contributed by atoms with Gasteiger partial charge in [0, 0.05) is 30.7 Å². The van der Waals surface area contributed by atoms with Crippen molar-refractivity contribution < 1.29 is 4.79 Å². The van der Waals surface area contributed by atoms with Crippen LogP contribution >= 0.6 is 11.8 Å². The first-order valence-corrected chi connectivity index (χ1v) is 9.56. The number of urea groups is 1. The quantitative estimate of drug-likeness (QED) is 0.927. The Morgan fingerprint density at radius 3 is 2.96 bits per heavy atom. The van der Waals surface area contributed by atoms with E-state index in [4.69, 9.17) is 0 Å². The molecule has 0 saturated carbocycles. The first-order valence-electron chi connectivity index (χ1n) is 8.40. The summed E-state index contributed by atoms with van der Waals surface area (Å²) in [5.74, 6) is 2.14. The van der Waals surface area contributed by atoms with Crippen molar-refractivity contribution in [3.63, 3.8) is 0 Å². The van der Waals surface area contributed by atoms with E-state index >= 15 is 0 Å². The highest BCUT2D eigenvalue weighted by Gasteiger charge is 2.24. The molecule has 6 heteroatoms. The Labute approximate surface area is 147 Å². The molecule has 5 nitrogen and oxygen atoms in total. The molecule has 128 valence electrons.